The minimum absolute atomic E-state index is 0.120. The van der Waals surface area contributed by atoms with Gasteiger partial charge in [0.25, 0.3) is 0 Å². The summed E-state index contributed by atoms with van der Waals surface area (Å²) >= 11 is 6.10. The number of fused-ring (bicyclic) bond motifs is 3. The Morgan fingerprint density at radius 1 is 1.10 bits per heavy atom. The lowest BCUT2D eigenvalue weighted by Crippen LogP contribution is -2.42. The summed E-state index contributed by atoms with van der Waals surface area (Å²) in [7, 11) is 1.33. The van der Waals surface area contributed by atoms with Gasteiger partial charge in [-0.2, -0.15) is 0 Å². The molecule has 0 spiro atoms. The second-order valence-electron chi connectivity index (χ2n) is 7.07. The van der Waals surface area contributed by atoms with Gasteiger partial charge in [0.2, 0.25) is 0 Å². The van der Waals surface area contributed by atoms with Gasteiger partial charge < -0.3 is 19.5 Å². The molecule has 6 nitrogen and oxygen atoms in total. The Hall–Kier alpha value is -3.25. The number of methoxy groups -OCH3 is 1. The minimum atomic E-state index is -0.361. The molecule has 1 atom stereocenters. The van der Waals surface area contributed by atoms with E-state index in [1.807, 2.05) is 60.8 Å². The van der Waals surface area contributed by atoms with Crippen molar-refractivity contribution in [2.24, 2.45) is 0 Å². The molecular weight excluding hydrogens is 402 g/mol. The minimum Gasteiger partial charge on any atom is -0.469 e. The number of carbonyl (C=O) groups is 2. The maximum Gasteiger partial charge on any atom is 0.318 e. The van der Waals surface area contributed by atoms with Crippen LogP contribution in [0.4, 0.5) is 4.79 Å². The van der Waals surface area contributed by atoms with E-state index in [1.165, 1.54) is 7.11 Å². The van der Waals surface area contributed by atoms with Crippen molar-refractivity contribution in [1.82, 2.24) is 14.8 Å². The van der Waals surface area contributed by atoms with Crippen LogP contribution in [0.2, 0.25) is 5.02 Å². The molecule has 0 bridgehead atoms. The number of para-hydroxylation sites is 1. The number of carbonyl (C=O) groups excluding carboxylic acids is 2. The van der Waals surface area contributed by atoms with E-state index in [1.54, 1.807) is 4.90 Å². The second kappa shape index (κ2) is 8.63. The number of nitrogens with one attached hydrogen (secondary N) is 1. The normalized spacial score (nSPS) is 15.0. The van der Waals surface area contributed by atoms with E-state index in [9.17, 15) is 9.59 Å². The quantitative estimate of drug-likeness (QED) is 0.636. The van der Waals surface area contributed by atoms with Crippen molar-refractivity contribution in [2.45, 2.75) is 19.0 Å². The number of rotatable bonds is 4. The van der Waals surface area contributed by atoms with Crippen LogP contribution in [0.1, 0.15) is 29.3 Å². The molecule has 0 saturated heterocycles. The molecule has 3 aromatic rings. The summed E-state index contributed by atoms with van der Waals surface area (Å²) in [6, 6.07) is 19.0. The third-order valence-corrected chi connectivity index (χ3v) is 5.50. The zero-order valence-corrected chi connectivity index (χ0v) is 17.3. The highest BCUT2D eigenvalue weighted by atomic mass is 35.5. The maximum absolute atomic E-state index is 13.2. The Balaban J connectivity index is 1.74. The zero-order valence-electron chi connectivity index (χ0n) is 16.5. The number of urea groups is 1. The first-order valence-corrected chi connectivity index (χ1v) is 10.1. The molecule has 2 heterocycles. The molecule has 0 saturated carbocycles. The van der Waals surface area contributed by atoms with E-state index in [0.717, 1.165) is 22.5 Å². The van der Waals surface area contributed by atoms with Crippen molar-refractivity contribution in [2.75, 3.05) is 13.7 Å². The number of benzene rings is 2. The highest BCUT2D eigenvalue weighted by molar-refractivity contribution is 6.30. The first-order chi connectivity index (χ1) is 14.6. The van der Waals surface area contributed by atoms with E-state index < -0.39 is 0 Å². The number of amides is 2. The highest BCUT2D eigenvalue weighted by Gasteiger charge is 2.32. The largest absolute Gasteiger partial charge is 0.469 e. The molecule has 1 aliphatic heterocycles. The Labute approximate surface area is 180 Å². The van der Waals surface area contributed by atoms with E-state index in [2.05, 4.69) is 20.7 Å². The van der Waals surface area contributed by atoms with Gasteiger partial charge in [0, 0.05) is 23.5 Å². The van der Waals surface area contributed by atoms with Gasteiger partial charge in [-0.3, -0.25) is 4.79 Å². The first-order valence-electron chi connectivity index (χ1n) is 9.71. The number of esters is 1. The van der Waals surface area contributed by atoms with Gasteiger partial charge in [-0.1, -0.05) is 41.9 Å². The van der Waals surface area contributed by atoms with Crippen LogP contribution in [0.25, 0.3) is 5.69 Å². The fourth-order valence-electron chi connectivity index (χ4n) is 3.81. The molecule has 154 valence electrons. The standard InChI is InChI=1S/C23H22ClN3O3/c1-30-21(28)12-13-25-23(29)27-15-17-5-2-3-6-19(17)26-14-4-7-20(26)22(27)16-8-10-18(24)11-9-16/h2-11,14,22H,12-13,15H2,1H3,(H,25,29)/t22-/m0/s1. The monoisotopic (exact) mass is 423 g/mol. The topological polar surface area (TPSA) is 63.6 Å². The molecule has 7 heteroatoms. The number of halogens is 1. The van der Waals surface area contributed by atoms with Gasteiger partial charge in [-0.15, -0.1) is 0 Å². The lowest BCUT2D eigenvalue weighted by Gasteiger charge is -2.31. The average Bonchev–Trinajstić information content (AvgIpc) is 3.18. The fraction of sp³-hybridized carbons (Fsp3) is 0.217. The number of ether oxygens (including phenoxy) is 1. The molecule has 30 heavy (non-hydrogen) atoms. The van der Waals surface area contributed by atoms with Gasteiger partial charge in [-0.05, 0) is 41.5 Å². The van der Waals surface area contributed by atoms with Crippen LogP contribution in [0, 0.1) is 0 Å². The zero-order chi connectivity index (χ0) is 21.1. The molecule has 0 aliphatic carbocycles. The summed E-state index contributed by atoms with van der Waals surface area (Å²) < 4.78 is 6.78. The summed E-state index contributed by atoms with van der Waals surface area (Å²) in [4.78, 5) is 26.5. The molecule has 2 amide bonds. The van der Waals surface area contributed by atoms with Crippen LogP contribution in [-0.4, -0.2) is 35.1 Å². The fourth-order valence-corrected chi connectivity index (χ4v) is 3.94. The molecule has 0 radical (unpaired) electrons. The van der Waals surface area contributed by atoms with E-state index in [4.69, 9.17) is 11.6 Å². The van der Waals surface area contributed by atoms with Crippen LogP contribution in [0.15, 0.2) is 66.9 Å². The number of nitrogens with zero attached hydrogens (tertiary/aromatic N) is 2. The number of aromatic nitrogens is 1. The Bertz CT molecular complexity index is 1060. The van der Waals surface area contributed by atoms with E-state index in [-0.39, 0.29) is 31.0 Å². The third kappa shape index (κ3) is 3.91. The Kier molecular flexibility index (Phi) is 5.77. The van der Waals surface area contributed by atoms with Crippen LogP contribution < -0.4 is 5.32 Å². The van der Waals surface area contributed by atoms with Gasteiger partial charge in [0.1, 0.15) is 0 Å². The summed E-state index contributed by atoms with van der Waals surface area (Å²) in [5, 5.41) is 3.50. The highest BCUT2D eigenvalue weighted by Crippen LogP contribution is 2.36. The van der Waals surface area contributed by atoms with Crippen molar-refractivity contribution in [1.29, 1.82) is 0 Å². The molecule has 1 aromatic heterocycles. The predicted molar refractivity (Wildman–Crippen MR) is 115 cm³/mol. The summed E-state index contributed by atoms with van der Waals surface area (Å²) in [6.07, 6.45) is 2.13. The van der Waals surface area contributed by atoms with Crippen molar-refractivity contribution in [3.05, 3.63) is 88.7 Å². The Morgan fingerprint density at radius 2 is 1.87 bits per heavy atom. The predicted octanol–water partition coefficient (Wildman–Crippen LogP) is 4.31. The van der Waals surface area contributed by atoms with Gasteiger partial charge in [0.05, 0.1) is 31.8 Å². The molecule has 0 fully saturated rings. The van der Waals surface area contributed by atoms with Crippen molar-refractivity contribution in [3.63, 3.8) is 0 Å². The third-order valence-electron chi connectivity index (χ3n) is 5.24. The van der Waals surface area contributed by atoms with Crippen LogP contribution >= 0.6 is 11.6 Å². The smallest absolute Gasteiger partial charge is 0.318 e. The molecular formula is C23H22ClN3O3. The summed E-state index contributed by atoms with van der Waals surface area (Å²) in [6.45, 7) is 0.632. The summed E-state index contributed by atoms with van der Waals surface area (Å²) in [5.74, 6) is -0.361. The summed E-state index contributed by atoms with van der Waals surface area (Å²) in [5.41, 5.74) is 4.01. The van der Waals surface area contributed by atoms with Crippen molar-refractivity contribution in [3.8, 4) is 5.69 Å². The van der Waals surface area contributed by atoms with Crippen LogP contribution in [0.5, 0.6) is 0 Å². The molecule has 2 aromatic carbocycles. The SMILES string of the molecule is COC(=O)CCNC(=O)N1Cc2ccccc2-n2cccc2[C@@H]1c1ccc(Cl)cc1. The number of hydrogen-bond donors (Lipinski definition) is 1. The molecule has 4 rings (SSSR count). The van der Waals surface area contributed by atoms with Gasteiger partial charge >= 0.3 is 12.0 Å². The van der Waals surface area contributed by atoms with Crippen molar-refractivity contribution < 1.29 is 14.3 Å². The lowest BCUT2D eigenvalue weighted by atomic mass is 10.0. The lowest BCUT2D eigenvalue weighted by molar-refractivity contribution is -0.140. The molecule has 0 unspecified atom stereocenters. The van der Waals surface area contributed by atoms with Gasteiger partial charge in [-0.25, -0.2) is 4.79 Å². The number of hydrogen-bond acceptors (Lipinski definition) is 3. The van der Waals surface area contributed by atoms with Crippen LogP contribution in [0.3, 0.4) is 0 Å². The van der Waals surface area contributed by atoms with Crippen LogP contribution in [-0.2, 0) is 16.1 Å². The van der Waals surface area contributed by atoms with Gasteiger partial charge in [0.15, 0.2) is 0 Å². The second-order valence-corrected chi connectivity index (χ2v) is 7.51. The van der Waals surface area contributed by atoms with E-state index >= 15 is 0 Å². The molecule has 1 aliphatic rings. The molecule has 1 N–H and O–H groups in total. The van der Waals surface area contributed by atoms with Crippen molar-refractivity contribution >= 4 is 23.6 Å². The maximum atomic E-state index is 13.2. The first kappa shape index (κ1) is 20.0. The Morgan fingerprint density at radius 3 is 2.63 bits per heavy atom. The van der Waals surface area contributed by atoms with E-state index in [0.29, 0.717) is 11.6 Å². The average molecular weight is 424 g/mol.